The van der Waals surface area contributed by atoms with Gasteiger partial charge in [0.2, 0.25) is 5.91 Å². The fraction of sp³-hybridized carbons (Fsp3) is 0.222. The predicted octanol–water partition coefficient (Wildman–Crippen LogP) is 0.341. The van der Waals surface area contributed by atoms with Crippen molar-refractivity contribution in [2.75, 3.05) is 11.5 Å². The van der Waals surface area contributed by atoms with E-state index in [0.717, 1.165) is 4.90 Å². The third-order valence-electron chi connectivity index (χ3n) is 1.62. The molecule has 1 heterocycles. The lowest BCUT2D eigenvalue weighted by Crippen LogP contribution is -2.35. The third-order valence-corrected chi connectivity index (χ3v) is 2.60. The summed E-state index contributed by atoms with van der Waals surface area (Å²) in [7, 11) is 0. The lowest BCUT2D eigenvalue weighted by molar-refractivity contribution is -0.119. The molecular formula is C9H12N4O2S. The van der Waals surface area contributed by atoms with Crippen molar-refractivity contribution in [1.82, 2.24) is 10.3 Å². The van der Waals surface area contributed by atoms with Crippen LogP contribution in [0.4, 0.5) is 10.6 Å². The van der Waals surface area contributed by atoms with E-state index in [2.05, 4.69) is 4.98 Å². The van der Waals surface area contributed by atoms with Crippen LogP contribution in [0.2, 0.25) is 0 Å². The van der Waals surface area contributed by atoms with E-state index in [1.54, 1.807) is 12.3 Å². The number of carbonyl (C=O) groups is 2. The number of rotatable bonds is 4. The number of aromatic nitrogens is 1. The van der Waals surface area contributed by atoms with Crippen LogP contribution in [0.3, 0.4) is 0 Å². The first-order chi connectivity index (χ1) is 7.58. The molecule has 1 aromatic rings. The number of anilines is 1. The first-order valence-corrected chi connectivity index (χ1v) is 5.50. The Labute approximate surface area is 96.8 Å². The van der Waals surface area contributed by atoms with Gasteiger partial charge in [-0.05, 0) is 12.1 Å². The van der Waals surface area contributed by atoms with E-state index < -0.39 is 6.03 Å². The monoisotopic (exact) mass is 240 g/mol. The Bertz CT molecular complexity index is 380. The molecule has 0 unspecified atom stereocenters. The van der Waals surface area contributed by atoms with Crippen LogP contribution in [-0.4, -0.2) is 22.7 Å². The van der Waals surface area contributed by atoms with Crippen LogP contribution >= 0.6 is 11.8 Å². The second kappa shape index (κ2) is 5.96. The molecule has 6 nitrogen and oxygen atoms in total. The topological polar surface area (TPSA) is 111 Å². The van der Waals surface area contributed by atoms with Gasteiger partial charge in [-0.15, -0.1) is 11.8 Å². The van der Waals surface area contributed by atoms with Crippen LogP contribution in [0.5, 0.6) is 0 Å². The van der Waals surface area contributed by atoms with Crippen LogP contribution in [0.25, 0.3) is 0 Å². The summed E-state index contributed by atoms with van der Waals surface area (Å²) >= 11 is 1.45. The average Bonchev–Trinajstić information content (AvgIpc) is 2.20. The van der Waals surface area contributed by atoms with Gasteiger partial charge < -0.3 is 11.5 Å². The standard InChI is InChI=1S/C9H12N4O2S/c10-7-2-1-6(5-12-7)16-4-3-8(14)13-9(11)15/h1-2,5H,3-4H2,(H2,10,12)(H3,11,13,14,15). The molecule has 7 heteroatoms. The number of carbonyl (C=O) groups excluding carboxylic acids is 2. The summed E-state index contributed by atoms with van der Waals surface area (Å²) in [5, 5.41) is 1.99. The lowest BCUT2D eigenvalue weighted by Gasteiger charge is -2.01. The zero-order valence-electron chi connectivity index (χ0n) is 8.47. The number of imide groups is 1. The summed E-state index contributed by atoms with van der Waals surface area (Å²) < 4.78 is 0. The summed E-state index contributed by atoms with van der Waals surface area (Å²) in [5.74, 6) is 0.615. The largest absolute Gasteiger partial charge is 0.384 e. The van der Waals surface area contributed by atoms with Gasteiger partial charge in [-0.2, -0.15) is 0 Å². The average molecular weight is 240 g/mol. The number of nitrogens with two attached hydrogens (primary N) is 2. The molecule has 1 aromatic heterocycles. The van der Waals surface area contributed by atoms with Crippen molar-refractivity contribution < 1.29 is 9.59 Å². The van der Waals surface area contributed by atoms with E-state index >= 15 is 0 Å². The summed E-state index contributed by atoms with van der Waals surface area (Å²) in [6, 6.07) is 2.68. The molecule has 0 saturated carbocycles. The van der Waals surface area contributed by atoms with E-state index in [1.165, 1.54) is 11.8 Å². The summed E-state index contributed by atoms with van der Waals surface area (Å²) in [5.41, 5.74) is 10.2. The number of thioether (sulfide) groups is 1. The van der Waals surface area contributed by atoms with Gasteiger partial charge in [0.05, 0.1) is 0 Å². The maximum atomic E-state index is 11.0. The van der Waals surface area contributed by atoms with Gasteiger partial charge in [-0.1, -0.05) is 0 Å². The van der Waals surface area contributed by atoms with E-state index in [-0.39, 0.29) is 12.3 Å². The minimum atomic E-state index is -0.829. The molecule has 0 aliphatic rings. The third kappa shape index (κ3) is 4.65. The van der Waals surface area contributed by atoms with Gasteiger partial charge in [-0.25, -0.2) is 9.78 Å². The Hall–Kier alpha value is -1.76. The van der Waals surface area contributed by atoms with Crippen LogP contribution < -0.4 is 16.8 Å². The molecular weight excluding hydrogens is 228 g/mol. The fourth-order valence-electron chi connectivity index (χ4n) is 0.939. The fourth-order valence-corrected chi connectivity index (χ4v) is 1.75. The van der Waals surface area contributed by atoms with Gasteiger partial charge >= 0.3 is 6.03 Å². The molecule has 1 rings (SSSR count). The molecule has 0 atom stereocenters. The number of urea groups is 1. The van der Waals surface area contributed by atoms with Crippen LogP contribution in [0.1, 0.15) is 6.42 Å². The zero-order chi connectivity index (χ0) is 12.0. The molecule has 3 amide bonds. The number of nitrogens with zero attached hydrogens (tertiary/aromatic N) is 1. The second-order valence-electron chi connectivity index (χ2n) is 2.93. The number of primary amides is 1. The zero-order valence-corrected chi connectivity index (χ0v) is 9.29. The van der Waals surface area contributed by atoms with Crippen LogP contribution in [0.15, 0.2) is 23.2 Å². The summed E-state index contributed by atoms with van der Waals surface area (Å²) in [6.45, 7) is 0. The molecule has 0 spiro atoms. The molecule has 0 aromatic carbocycles. The van der Waals surface area contributed by atoms with Crippen LogP contribution in [0, 0.1) is 0 Å². The normalized spacial score (nSPS) is 9.75. The Morgan fingerprint density at radius 3 is 2.75 bits per heavy atom. The van der Waals surface area contributed by atoms with Crippen molar-refractivity contribution in [2.45, 2.75) is 11.3 Å². The van der Waals surface area contributed by atoms with E-state index in [9.17, 15) is 9.59 Å². The van der Waals surface area contributed by atoms with Gasteiger partial charge in [0, 0.05) is 23.3 Å². The van der Waals surface area contributed by atoms with Gasteiger partial charge in [0.25, 0.3) is 0 Å². The number of hydrogen-bond acceptors (Lipinski definition) is 5. The molecule has 0 fully saturated rings. The maximum Gasteiger partial charge on any atom is 0.318 e. The number of pyridine rings is 1. The second-order valence-corrected chi connectivity index (χ2v) is 4.10. The van der Waals surface area contributed by atoms with Crippen molar-refractivity contribution in [3.63, 3.8) is 0 Å². The lowest BCUT2D eigenvalue weighted by atomic mass is 10.4. The molecule has 0 aliphatic carbocycles. The number of nitrogen functional groups attached to an aromatic ring is 1. The highest BCUT2D eigenvalue weighted by molar-refractivity contribution is 7.99. The van der Waals surface area contributed by atoms with Gasteiger partial charge in [-0.3, -0.25) is 10.1 Å². The number of nitrogens with one attached hydrogen (secondary N) is 1. The number of hydrogen-bond donors (Lipinski definition) is 3. The molecule has 0 saturated heterocycles. The molecule has 16 heavy (non-hydrogen) atoms. The SMILES string of the molecule is NC(=O)NC(=O)CCSc1ccc(N)nc1. The quantitative estimate of drug-likeness (QED) is 0.657. The van der Waals surface area contributed by atoms with Gasteiger partial charge in [0.1, 0.15) is 5.82 Å². The van der Waals surface area contributed by atoms with Crippen LogP contribution in [-0.2, 0) is 4.79 Å². The smallest absolute Gasteiger partial charge is 0.318 e. The van der Waals surface area contributed by atoms with Crippen molar-refractivity contribution in [2.24, 2.45) is 5.73 Å². The summed E-state index contributed by atoms with van der Waals surface area (Å²) in [4.78, 5) is 26.2. The Kier molecular flexibility index (Phi) is 4.59. The van der Waals surface area contributed by atoms with Gasteiger partial charge in [0.15, 0.2) is 0 Å². The van der Waals surface area contributed by atoms with Crippen molar-refractivity contribution in [1.29, 1.82) is 0 Å². The molecule has 0 bridgehead atoms. The molecule has 0 radical (unpaired) electrons. The Morgan fingerprint density at radius 2 is 2.19 bits per heavy atom. The number of amides is 3. The highest BCUT2D eigenvalue weighted by Gasteiger charge is 2.04. The molecule has 86 valence electrons. The predicted molar refractivity (Wildman–Crippen MR) is 61.7 cm³/mol. The highest BCUT2D eigenvalue weighted by atomic mass is 32.2. The molecule has 0 aliphatic heterocycles. The maximum absolute atomic E-state index is 11.0. The summed E-state index contributed by atoms with van der Waals surface area (Å²) in [6.07, 6.45) is 1.85. The molecule has 5 N–H and O–H groups in total. The first kappa shape index (κ1) is 12.3. The van der Waals surface area contributed by atoms with Crippen molar-refractivity contribution in [3.05, 3.63) is 18.3 Å². The van der Waals surface area contributed by atoms with E-state index in [4.69, 9.17) is 11.5 Å². The highest BCUT2D eigenvalue weighted by Crippen LogP contribution is 2.17. The van der Waals surface area contributed by atoms with Crippen molar-refractivity contribution in [3.8, 4) is 0 Å². The Balaban J connectivity index is 2.28. The Morgan fingerprint density at radius 1 is 1.44 bits per heavy atom. The van der Waals surface area contributed by atoms with E-state index in [1.807, 2.05) is 11.4 Å². The first-order valence-electron chi connectivity index (χ1n) is 4.51. The minimum absolute atomic E-state index is 0.220. The van der Waals surface area contributed by atoms with Crippen molar-refractivity contribution >= 4 is 29.5 Å². The van der Waals surface area contributed by atoms with E-state index in [0.29, 0.717) is 11.6 Å². The minimum Gasteiger partial charge on any atom is -0.384 e.